The maximum atomic E-state index is 7.58. The van der Waals surface area contributed by atoms with E-state index in [0.717, 1.165) is 25.2 Å². The number of hydrogen-bond acceptors (Lipinski definition) is 2. The molecule has 0 radical (unpaired) electrons. The second-order valence-electron chi connectivity index (χ2n) is 3.63. The Morgan fingerprint density at radius 2 is 2.12 bits per heavy atom. The smallest absolute Gasteiger partial charge is 0.126 e. The predicted molar refractivity (Wildman–Crippen MR) is 70.6 cm³/mol. The number of hydrogen-bond donors (Lipinski definition) is 2. The van der Waals surface area contributed by atoms with Gasteiger partial charge in [-0.3, -0.25) is 5.41 Å². The van der Waals surface area contributed by atoms with E-state index in [1.165, 1.54) is 0 Å². The second-order valence-corrected chi connectivity index (χ2v) is 4.03. The zero-order valence-corrected chi connectivity index (χ0v) is 10.5. The maximum absolute atomic E-state index is 7.58. The van der Waals surface area contributed by atoms with Crippen LogP contribution in [0.4, 0.5) is 5.69 Å². The first kappa shape index (κ1) is 12.8. The molecule has 3 nitrogen and oxygen atoms in total. The molecule has 0 aliphatic carbocycles. The molecule has 1 rings (SSSR count). The van der Waals surface area contributed by atoms with Gasteiger partial charge in [0.25, 0.3) is 0 Å². The van der Waals surface area contributed by atoms with Crippen molar-refractivity contribution >= 4 is 23.1 Å². The van der Waals surface area contributed by atoms with Crippen molar-refractivity contribution in [2.75, 3.05) is 18.0 Å². The van der Waals surface area contributed by atoms with E-state index in [1.807, 2.05) is 12.1 Å². The van der Waals surface area contributed by atoms with Crippen molar-refractivity contribution in [3.05, 3.63) is 28.8 Å². The standard InChI is InChI=1S/C12H18ClN3/c1-3-8-16(4-2)10-7-5-6-9(13)11(10)12(14)15/h5-7H,3-4,8H2,1-2H3,(H3,14,15). The molecule has 3 N–H and O–H groups in total. The lowest BCUT2D eigenvalue weighted by Gasteiger charge is -2.25. The molecule has 4 heteroatoms. The molecular weight excluding hydrogens is 222 g/mol. The third-order valence-corrected chi connectivity index (χ3v) is 2.79. The van der Waals surface area contributed by atoms with E-state index in [1.54, 1.807) is 6.07 Å². The number of benzene rings is 1. The van der Waals surface area contributed by atoms with Crippen LogP contribution in [0.1, 0.15) is 25.8 Å². The Morgan fingerprint density at radius 1 is 1.44 bits per heavy atom. The zero-order valence-electron chi connectivity index (χ0n) is 9.76. The summed E-state index contributed by atoms with van der Waals surface area (Å²) in [7, 11) is 0. The van der Waals surface area contributed by atoms with E-state index < -0.39 is 0 Å². The Bertz CT molecular complexity index is 377. The van der Waals surface area contributed by atoms with Crippen LogP contribution in [0.3, 0.4) is 0 Å². The largest absolute Gasteiger partial charge is 0.384 e. The molecule has 1 aromatic carbocycles. The molecule has 0 fully saturated rings. The number of nitrogens with one attached hydrogen (secondary N) is 1. The summed E-state index contributed by atoms with van der Waals surface area (Å²) in [5.41, 5.74) is 7.16. The Hall–Kier alpha value is -1.22. The van der Waals surface area contributed by atoms with Gasteiger partial charge in [0.15, 0.2) is 0 Å². The molecular formula is C12H18ClN3. The summed E-state index contributed by atoms with van der Waals surface area (Å²) >= 11 is 6.08. The van der Waals surface area contributed by atoms with Crippen LogP contribution < -0.4 is 10.6 Å². The van der Waals surface area contributed by atoms with Gasteiger partial charge in [0.1, 0.15) is 5.84 Å². The Balaban J connectivity index is 3.20. The molecule has 0 spiro atoms. The molecule has 16 heavy (non-hydrogen) atoms. The fraction of sp³-hybridized carbons (Fsp3) is 0.417. The number of nitrogens with zero attached hydrogens (tertiary/aromatic N) is 1. The topological polar surface area (TPSA) is 53.1 Å². The van der Waals surface area contributed by atoms with Crippen molar-refractivity contribution < 1.29 is 0 Å². The molecule has 0 aliphatic heterocycles. The Labute approximate surface area is 102 Å². The van der Waals surface area contributed by atoms with Gasteiger partial charge < -0.3 is 10.6 Å². The highest BCUT2D eigenvalue weighted by Gasteiger charge is 2.14. The SMILES string of the molecule is CCCN(CC)c1cccc(Cl)c1C(=N)N. The highest BCUT2D eigenvalue weighted by molar-refractivity contribution is 6.34. The quantitative estimate of drug-likeness (QED) is 0.613. The molecule has 0 heterocycles. The number of anilines is 1. The van der Waals surface area contributed by atoms with Gasteiger partial charge in [0.05, 0.1) is 10.6 Å². The summed E-state index contributed by atoms with van der Waals surface area (Å²) in [6.07, 6.45) is 1.05. The van der Waals surface area contributed by atoms with Crippen LogP contribution in [0.15, 0.2) is 18.2 Å². The number of amidine groups is 1. The van der Waals surface area contributed by atoms with Crippen molar-refractivity contribution in [1.82, 2.24) is 0 Å². The van der Waals surface area contributed by atoms with Crippen molar-refractivity contribution in [3.63, 3.8) is 0 Å². The minimum Gasteiger partial charge on any atom is -0.384 e. The van der Waals surface area contributed by atoms with Gasteiger partial charge in [-0.25, -0.2) is 0 Å². The molecule has 1 aromatic rings. The van der Waals surface area contributed by atoms with Crippen molar-refractivity contribution in [2.45, 2.75) is 20.3 Å². The average Bonchev–Trinajstić information content (AvgIpc) is 2.25. The van der Waals surface area contributed by atoms with Gasteiger partial charge in [0.2, 0.25) is 0 Å². The number of nitrogen functional groups attached to an aromatic ring is 1. The van der Waals surface area contributed by atoms with Crippen LogP contribution in [0.25, 0.3) is 0 Å². The van der Waals surface area contributed by atoms with Crippen LogP contribution in [-0.4, -0.2) is 18.9 Å². The first-order valence-electron chi connectivity index (χ1n) is 5.49. The molecule has 0 atom stereocenters. The summed E-state index contributed by atoms with van der Waals surface area (Å²) < 4.78 is 0. The molecule has 0 aliphatic rings. The highest BCUT2D eigenvalue weighted by Crippen LogP contribution is 2.27. The fourth-order valence-electron chi connectivity index (χ4n) is 1.76. The Morgan fingerprint density at radius 3 is 2.62 bits per heavy atom. The molecule has 0 saturated heterocycles. The van der Waals surface area contributed by atoms with Crippen LogP contribution >= 0.6 is 11.6 Å². The minimum absolute atomic E-state index is 0.0233. The van der Waals surface area contributed by atoms with E-state index in [0.29, 0.717) is 10.6 Å². The lowest BCUT2D eigenvalue weighted by molar-refractivity contribution is 0.791. The van der Waals surface area contributed by atoms with Crippen LogP contribution in [0, 0.1) is 5.41 Å². The molecule has 88 valence electrons. The van der Waals surface area contributed by atoms with Gasteiger partial charge in [-0.1, -0.05) is 24.6 Å². The predicted octanol–water partition coefficient (Wildman–Crippen LogP) is 2.86. The molecule has 0 amide bonds. The van der Waals surface area contributed by atoms with Gasteiger partial charge in [0, 0.05) is 18.8 Å². The van der Waals surface area contributed by atoms with Crippen molar-refractivity contribution in [1.29, 1.82) is 5.41 Å². The number of halogens is 1. The number of nitrogens with two attached hydrogens (primary N) is 1. The summed E-state index contributed by atoms with van der Waals surface area (Å²) in [4.78, 5) is 2.18. The van der Waals surface area contributed by atoms with Crippen molar-refractivity contribution in [3.8, 4) is 0 Å². The summed E-state index contributed by atoms with van der Waals surface area (Å²) in [6, 6.07) is 5.62. The third kappa shape index (κ3) is 2.67. The lowest BCUT2D eigenvalue weighted by atomic mass is 10.1. The number of rotatable bonds is 5. The Kier molecular flexibility index (Phi) is 4.62. The molecule has 0 saturated carbocycles. The molecule has 0 bridgehead atoms. The van der Waals surface area contributed by atoms with Crippen LogP contribution in [0.2, 0.25) is 5.02 Å². The van der Waals surface area contributed by atoms with E-state index in [4.69, 9.17) is 22.7 Å². The summed E-state index contributed by atoms with van der Waals surface area (Å²) in [5, 5.41) is 8.13. The van der Waals surface area contributed by atoms with Crippen LogP contribution in [-0.2, 0) is 0 Å². The van der Waals surface area contributed by atoms with Gasteiger partial charge >= 0.3 is 0 Å². The maximum Gasteiger partial charge on any atom is 0.126 e. The van der Waals surface area contributed by atoms with E-state index in [9.17, 15) is 0 Å². The minimum atomic E-state index is 0.0233. The lowest BCUT2D eigenvalue weighted by Crippen LogP contribution is -2.27. The van der Waals surface area contributed by atoms with E-state index in [-0.39, 0.29) is 5.84 Å². The molecule has 0 unspecified atom stereocenters. The summed E-state index contributed by atoms with van der Waals surface area (Å²) in [6.45, 7) is 6.03. The van der Waals surface area contributed by atoms with Gasteiger partial charge in [-0.15, -0.1) is 0 Å². The molecule has 0 aromatic heterocycles. The normalized spacial score (nSPS) is 10.2. The monoisotopic (exact) mass is 239 g/mol. The summed E-state index contributed by atoms with van der Waals surface area (Å²) in [5.74, 6) is 0.0233. The van der Waals surface area contributed by atoms with Crippen LogP contribution in [0.5, 0.6) is 0 Å². The fourth-order valence-corrected chi connectivity index (χ4v) is 2.03. The highest BCUT2D eigenvalue weighted by atomic mass is 35.5. The van der Waals surface area contributed by atoms with Gasteiger partial charge in [-0.05, 0) is 25.5 Å². The first-order valence-corrected chi connectivity index (χ1v) is 5.87. The van der Waals surface area contributed by atoms with Crippen molar-refractivity contribution in [2.24, 2.45) is 5.73 Å². The second kappa shape index (κ2) is 5.75. The zero-order chi connectivity index (χ0) is 12.1. The van der Waals surface area contributed by atoms with E-state index >= 15 is 0 Å². The first-order chi connectivity index (χ1) is 7.61. The van der Waals surface area contributed by atoms with E-state index in [2.05, 4.69) is 18.7 Å². The average molecular weight is 240 g/mol. The van der Waals surface area contributed by atoms with Gasteiger partial charge in [-0.2, -0.15) is 0 Å². The third-order valence-electron chi connectivity index (χ3n) is 2.48.